The number of hydrogen-bond donors (Lipinski definition) is 3. The predicted molar refractivity (Wildman–Crippen MR) is 195 cm³/mol. The number of carbonyl (C=O) groups excluding carboxylic acids is 3. The molecule has 270 valence electrons. The first-order valence-corrected chi connectivity index (χ1v) is 19.3. The quantitative estimate of drug-likeness (QED) is 0.345. The number of aromatic hydroxyl groups is 1. The second kappa shape index (κ2) is 15.9. The van der Waals surface area contributed by atoms with Crippen LogP contribution in [-0.2, 0) is 32.6 Å². The fourth-order valence-electron chi connectivity index (χ4n) is 8.06. The summed E-state index contributed by atoms with van der Waals surface area (Å²) in [6.45, 7) is 3.28. The zero-order chi connectivity index (χ0) is 36.3. The summed E-state index contributed by atoms with van der Waals surface area (Å²) in [6.07, 6.45) is 3.29. The highest BCUT2D eigenvalue weighted by molar-refractivity contribution is 7.87. The number of phenols is 1. The monoisotopic (exact) mass is 716 g/mol. The number of amides is 4. The van der Waals surface area contributed by atoms with E-state index in [4.69, 9.17) is 20.4 Å². The van der Waals surface area contributed by atoms with Crippen LogP contribution in [-0.4, -0.2) is 131 Å². The third-order valence-electron chi connectivity index (χ3n) is 11.1. The van der Waals surface area contributed by atoms with Crippen molar-refractivity contribution in [3.8, 4) is 5.75 Å². The number of nitrogens with one attached hydrogen (secondary N) is 2. The summed E-state index contributed by atoms with van der Waals surface area (Å²) in [6, 6.07) is 10.7. The standard InChI is InChI=1S/C35H46B2N6O7S/c1-38-51(48,49)42-17-8-25(9-18-42)24-6-13-40(14-7-24)33(45)31(22-23-20-28(36)32(44)29(37)21-23)50-35(47)41-15-11-27(12-16-41)43-19-10-26-4-2-3-5-30(26)39-34(43)46/h2-5,20-21,24-25,27,31,38,44H,6-19,22H2,1H3,(H,39,46)/t31-/m1/s1. The maximum absolute atomic E-state index is 14.0. The average Bonchev–Trinajstić information content (AvgIpc) is 3.31. The molecule has 2 aromatic rings. The topological polar surface area (TPSA) is 152 Å². The van der Waals surface area contributed by atoms with Gasteiger partial charge in [-0.25, -0.2) is 14.3 Å². The molecule has 3 saturated heterocycles. The van der Waals surface area contributed by atoms with E-state index in [0.29, 0.717) is 76.1 Å². The fourth-order valence-corrected chi connectivity index (χ4v) is 9.01. The second-order valence-electron chi connectivity index (χ2n) is 14.1. The van der Waals surface area contributed by atoms with Gasteiger partial charge in [-0.05, 0) is 74.0 Å². The van der Waals surface area contributed by atoms with Crippen LogP contribution in [0.4, 0.5) is 15.3 Å². The number of rotatable bonds is 8. The molecule has 4 radical (unpaired) electrons. The average molecular weight is 716 g/mol. The Kier molecular flexibility index (Phi) is 11.5. The molecule has 51 heavy (non-hydrogen) atoms. The summed E-state index contributed by atoms with van der Waals surface area (Å²) in [7, 11) is 9.91. The molecule has 16 heteroatoms. The van der Waals surface area contributed by atoms with E-state index in [1.165, 1.54) is 23.5 Å². The molecule has 6 rings (SSSR count). The van der Waals surface area contributed by atoms with Crippen molar-refractivity contribution in [2.45, 2.75) is 63.5 Å². The van der Waals surface area contributed by atoms with Crippen molar-refractivity contribution in [2.24, 2.45) is 11.8 Å². The molecule has 0 bridgehead atoms. The molecule has 0 aliphatic carbocycles. The van der Waals surface area contributed by atoms with Gasteiger partial charge in [-0.3, -0.25) is 4.79 Å². The van der Waals surface area contributed by atoms with E-state index in [0.717, 1.165) is 43.4 Å². The van der Waals surface area contributed by atoms with Gasteiger partial charge in [0.05, 0.1) is 0 Å². The van der Waals surface area contributed by atoms with Crippen molar-refractivity contribution in [3.63, 3.8) is 0 Å². The highest BCUT2D eigenvalue weighted by atomic mass is 32.2. The highest BCUT2D eigenvalue weighted by Crippen LogP contribution is 2.33. The minimum Gasteiger partial charge on any atom is -0.509 e. The van der Waals surface area contributed by atoms with Crippen molar-refractivity contribution in [3.05, 3.63) is 47.5 Å². The van der Waals surface area contributed by atoms with E-state index in [2.05, 4.69) is 10.0 Å². The molecule has 4 heterocycles. The van der Waals surface area contributed by atoms with Gasteiger partial charge in [0.1, 0.15) is 21.4 Å². The normalized spacial score (nSPS) is 20.7. The number of fused-ring (bicyclic) bond motifs is 1. The van der Waals surface area contributed by atoms with Crippen molar-refractivity contribution < 1.29 is 32.6 Å². The van der Waals surface area contributed by atoms with Crippen LogP contribution < -0.4 is 21.0 Å². The van der Waals surface area contributed by atoms with Crippen LogP contribution in [0.25, 0.3) is 0 Å². The molecule has 0 unspecified atom stereocenters. The molecule has 4 aliphatic heterocycles. The van der Waals surface area contributed by atoms with Gasteiger partial charge in [-0.2, -0.15) is 12.7 Å². The first-order valence-electron chi connectivity index (χ1n) is 17.9. The maximum atomic E-state index is 14.0. The van der Waals surface area contributed by atoms with Gasteiger partial charge in [0.2, 0.25) is 0 Å². The van der Waals surface area contributed by atoms with Crippen LogP contribution in [0, 0.1) is 11.8 Å². The zero-order valence-electron chi connectivity index (χ0n) is 29.1. The number of benzene rings is 2. The summed E-state index contributed by atoms with van der Waals surface area (Å²) < 4.78 is 34.3. The van der Waals surface area contributed by atoms with Gasteiger partial charge in [0, 0.05) is 71.0 Å². The van der Waals surface area contributed by atoms with Gasteiger partial charge in [-0.15, -0.1) is 0 Å². The van der Waals surface area contributed by atoms with Crippen LogP contribution in [0.5, 0.6) is 5.75 Å². The Morgan fingerprint density at radius 3 is 2.14 bits per heavy atom. The van der Waals surface area contributed by atoms with E-state index in [1.807, 2.05) is 29.2 Å². The Morgan fingerprint density at radius 2 is 1.51 bits per heavy atom. The maximum Gasteiger partial charge on any atom is 0.410 e. The molecule has 13 nitrogen and oxygen atoms in total. The van der Waals surface area contributed by atoms with Gasteiger partial charge in [0.15, 0.2) is 6.10 Å². The van der Waals surface area contributed by atoms with E-state index >= 15 is 0 Å². The number of likely N-dealkylation sites (tertiary alicyclic amines) is 2. The molecule has 0 aromatic heterocycles. The van der Waals surface area contributed by atoms with E-state index < -0.39 is 22.4 Å². The molecule has 4 amide bonds. The van der Waals surface area contributed by atoms with Gasteiger partial charge >= 0.3 is 12.1 Å². The molecule has 0 saturated carbocycles. The Bertz CT molecular complexity index is 1680. The SMILES string of the molecule is [B]c1cc(C[C@@H](OC(=O)N2CCC(N3CCc4ccccc4NC3=O)CC2)C(=O)N2CCC(C3CCN(S(=O)(=O)NC)CC3)CC2)cc([B])c1O. The van der Waals surface area contributed by atoms with E-state index in [-0.39, 0.29) is 41.1 Å². The fraction of sp³-hybridized carbons (Fsp3) is 0.571. The molecule has 3 fully saturated rings. The van der Waals surface area contributed by atoms with Crippen molar-refractivity contribution in [1.29, 1.82) is 0 Å². The Labute approximate surface area is 303 Å². The molecular weight excluding hydrogens is 670 g/mol. The number of hydrogen-bond acceptors (Lipinski definition) is 7. The summed E-state index contributed by atoms with van der Waals surface area (Å²) in [4.78, 5) is 45.9. The van der Waals surface area contributed by atoms with Crippen LogP contribution in [0.3, 0.4) is 0 Å². The van der Waals surface area contributed by atoms with Crippen LogP contribution in [0.15, 0.2) is 36.4 Å². The lowest BCUT2D eigenvalue weighted by Gasteiger charge is -2.40. The van der Waals surface area contributed by atoms with Crippen molar-refractivity contribution in [1.82, 2.24) is 23.7 Å². The second-order valence-corrected chi connectivity index (χ2v) is 15.9. The largest absolute Gasteiger partial charge is 0.509 e. The minimum atomic E-state index is -3.44. The number of carbonyl (C=O) groups is 3. The van der Waals surface area contributed by atoms with Crippen LogP contribution in [0.1, 0.15) is 49.7 Å². The number of nitrogens with zero attached hydrogens (tertiary/aromatic N) is 4. The summed E-state index contributed by atoms with van der Waals surface area (Å²) >= 11 is 0. The van der Waals surface area contributed by atoms with Crippen molar-refractivity contribution in [2.75, 3.05) is 58.2 Å². The van der Waals surface area contributed by atoms with Crippen LogP contribution in [0.2, 0.25) is 0 Å². The summed E-state index contributed by atoms with van der Waals surface area (Å²) in [5.41, 5.74) is 2.61. The molecule has 2 aromatic carbocycles. The molecule has 4 aliphatic rings. The third-order valence-corrected chi connectivity index (χ3v) is 12.6. The summed E-state index contributed by atoms with van der Waals surface area (Å²) in [5, 5.41) is 13.1. The number of anilines is 1. The lowest BCUT2D eigenvalue weighted by molar-refractivity contribution is -0.142. The van der Waals surface area contributed by atoms with Gasteiger partial charge < -0.3 is 29.9 Å². The smallest absolute Gasteiger partial charge is 0.410 e. The lowest BCUT2D eigenvalue weighted by atomic mass is 9.79. The minimum absolute atomic E-state index is 0.0303. The molecular formula is C35H46B2N6O7S. The van der Waals surface area contributed by atoms with Crippen LogP contribution >= 0.6 is 0 Å². The Balaban J connectivity index is 1.07. The highest BCUT2D eigenvalue weighted by Gasteiger charge is 2.38. The van der Waals surface area contributed by atoms with Gasteiger partial charge in [-0.1, -0.05) is 41.3 Å². The molecule has 3 N–H and O–H groups in total. The number of para-hydroxylation sites is 1. The van der Waals surface area contributed by atoms with Crippen molar-refractivity contribution >= 4 is 60.5 Å². The zero-order valence-corrected chi connectivity index (χ0v) is 29.9. The number of phenolic OH excluding ortho intramolecular Hbond substituents is 1. The molecule has 1 atom stereocenters. The molecule has 0 spiro atoms. The van der Waals surface area contributed by atoms with Gasteiger partial charge in [0.25, 0.3) is 16.1 Å². The summed E-state index contributed by atoms with van der Waals surface area (Å²) in [5.74, 6) is 0.200. The number of ether oxygens (including phenoxy) is 1. The van der Waals surface area contributed by atoms with E-state index in [9.17, 15) is 27.9 Å². The number of piperidine rings is 3. The van der Waals surface area contributed by atoms with E-state index in [1.54, 1.807) is 9.80 Å². The first kappa shape index (κ1) is 37.0. The predicted octanol–water partition coefficient (Wildman–Crippen LogP) is 0.997. The first-order chi connectivity index (χ1) is 24.4. The third kappa shape index (κ3) is 8.49. The Hall–Kier alpha value is -3.75. The number of urea groups is 1. The lowest BCUT2D eigenvalue weighted by Crippen LogP contribution is -2.52. The Morgan fingerprint density at radius 1 is 0.922 bits per heavy atom.